The third-order valence-electron chi connectivity index (χ3n) is 5.30. The van der Waals surface area contributed by atoms with E-state index in [1.165, 1.54) is 0 Å². The summed E-state index contributed by atoms with van der Waals surface area (Å²) in [6.45, 7) is 2.82. The van der Waals surface area contributed by atoms with Crippen LogP contribution in [0.15, 0.2) is 54.6 Å². The standard InChI is InChI=1S/C22H26N2O3/c1-22(21(26)23-16-17-8-4-3-5-9-17)14-12-20(25)24(22)15-13-18-10-6-7-11-19(18)27-2/h3-11H,12-16H2,1-2H3,(H,23,26)/t22-/m0/s1. The zero-order valence-electron chi connectivity index (χ0n) is 15.9. The summed E-state index contributed by atoms with van der Waals surface area (Å²) in [7, 11) is 1.64. The monoisotopic (exact) mass is 366 g/mol. The van der Waals surface area contributed by atoms with E-state index in [1.807, 2.05) is 61.5 Å². The number of rotatable bonds is 7. The molecule has 2 amide bonds. The number of ether oxygens (including phenoxy) is 1. The Balaban J connectivity index is 1.67. The van der Waals surface area contributed by atoms with Gasteiger partial charge in [-0.15, -0.1) is 0 Å². The average molecular weight is 366 g/mol. The summed E-state index contributed by atoms with van der Waals surface area (Å²) in [4.78, 5) is 27.1. The van der Waals surface area contributed by atoms with E-state index >= 15 is 0 Å². The molecule has 0 aromatic heterocycles. The van der Waals surface area contributed by atoms with Crippen molar-refractivity contribution in [2.75, 3.05) is 13.7 Å². The zero-order chi connectivity index (χ0) is 19.3. The molecule has 27 heavy (non-hydrogen) atoms. The van der Waals surface area contributed by atoms with Gasteiger partial charge in [0.05, 0.1) is 7.11 Å². The van der Waals surface area contributed by atoms with Crippen LogP contribution in [-0.4, -0.2) is 35.9 Å². The van der Waals surface area contributed by atoms with E-state index in [2.05, 4.69) is 5.32 Å². The highest BCUT2D eigenvalue weighted by Gasteiger charge is 2.46. The Morgan fingerprint density at radius 3 is 2.59 bits per heavy atom. The van der Waals surface area contributed by atoms with E-state index in [4.69, 9.17) is 4.74 Å². The lowest BCUT2D eigenvalue weighted by Gasteiger charge is -2.34. The van der Waals surface area contributed by atoms with Crippen molar-refractivity contribution in [3.8, 4) is 5.75 Å². The molecule has 1 aliphatic heterocycles. The lowest BCUT2D eigenvalue weighted by atomic mass is 9.97. The van der Waals surface area contributed by atoms with Crippen LogP contribution in [0.5, 0.6) is 5.75 Å². The van der Waals surface area contributed by atoms with Crippen molar-refractivity contribution >= 4 is 11.8 Å². The minimum Gasteiger partial charge on any atom is -0.496 e. The van der Waals surface area contributed by atoms with Crippen molar-refractivity contribution in [1.29, 1.82) is 0 Å². The van der Waals surface area contributed by atoms with Crippen LogP contribution in [-0.2, 0) is 22.6 Å². The number of methoxy groups -OCH3 is 1. The maximum absolute atomic E-state index is 12.9. The van der Waals surface area contributed by atoms with Gasteiger partial charge in [0.15, 0.2) is 0 Å². The highest BCUT2D eigenvalue weighted by atomic mass is 16.5. The molecule has 1 heterocycles. The SMILES string of the molecule is COc1ccccc1CCN1C(=O)CC[C@@]1(C)C(=O)NCc1ccccc1. The van der Waals surface area contributed by atoms with Crippen molar-refractivity contribution < 1.29 is 14.3 Å². The molecule has 0 saturated carbocycles. The number of hydrogen-bond donors (Lipinski definition) is 1. The third-order valence-corrected chi connectivity index (χ3v) is 5.30. The van der Waals surface area contributed by atoms with Gasteiger partial charge < -0.3 is 15.0 Å². The number of nitrogens with zero attached hydrogens (tertiary/aromatic N) is 1. The van der Waals surface area contributed by atoms with Crippen molar-refractivity contribution in [2.24, 2.45) is 0 Å². The van der Waals surface area contributed by atoms with Crippen LogP contribution in [0.3, 0.4) is 0 Å². The van der Waals surface area contributed by atoms with Crippen LogP contribution in [0.25, 0.3) is 0 Å². The van der Waals surface area contributed by atoms with E-state index in [0.29, 0.717) is 32.4 Å². The number of carbonyl (C=O) groups excluding carboxylic acids is 2. The average Bonchev–Trinajstić information content (AvgIpc) is 3.00. The molecule has 142 valence electrons. The van der Waals surface area contributed by atoms with Gasteiger partial charge >= 0.3 is 0 Å². The topological polar surface area (TPSA) is 58.6 Å². The van der Waals surface area contributed by atoms with Crippen LogP contribution in [0, 0.1) is 0 Å². The molecule has 3 rings (SSSR count). The molecule has 0 aliphatic carbocycles. The smallest absolute Gasteiger partial charge is 0.245 e. The van der Waals surface area contributed by atoms with E-state index < -0.39 is 5.54 Å². The Morgan fingerprint density at radius 1 is 1.15 bits per heavy atom. The molecular formula is C22H26N2O3. The quantitative estimate of drug-likeness (QED) is 0.820. The molecule has 5 nitrogen and oxygen atoms in total. The minimum atomic E-state index is -0.812. The second kappa shape index (κ2) is 8.25. The van der Waals surface area contributed by atoms with Gasteiger partial charge in [-0.2, -0.15) is 0 Å². The Morgan fingerprint density at radius 2 is 1.85 bits per heavy atom. The molecule has 1 N–H and O–H groups in total. The van der Waals surface area contributed by atoms with Crippen LogP contribution in [0.4, 0.5) is 0 Å². The molecule has 5 heteroatoms. The van der Waals surface area contributed by atoms with Crippen molar-refractivity contribution in [2.45, 2.75) is 38.3 Å². The van der Waals surface area contributed by atoms with Gasteiger partial charge in [-0.1, -0.05) is 48.5 Å². The van der Waals surface area contributed by atoms with Gasteiger partial charge in [0, 0.05) is 19.5 Å². The molecule has 1 fully saturated rings. The Hall–Kier alpha value is -2.82. The van der Waals surface area contributed by atoms with Gasteiger partial charge in [-0.25, -0.2) is 0 Å². The van der Waals surface area contributed by atoms with Crippen molar-refractivity contribution in [3.05, 3.63) is 65.7 Å². The molecule has 2 aromatic rings. The summed E-state index contributed by atoms with van der Waals surface area (Å²) in [5.41, 5.74) is 1.26. The van der Waals surface area contributed by atoms with Gasteiger partial charge in [-0.05, 0) is 37.0 Å². The molecule has 0 unspecified atom stereocenters. The summed E-state index contributed by atoms with van der Waals surface area (Å²) < 4.78 is 5.39. The first kappa shape index (κ1) is 19.0. The lowest BCUT2D eigenvalue weighted by molar-refractivity contribution is -0.140. The van der Waals surface area contributed by atoms with Crippen LogP contribution >= 0.6 is 0 Å². The Kier molecular flexibility index (Phi) is 5.79. The van der Waals surface area contributed by atoms with Crippen molar-refractivity contribution in [1.82, 2.24) is 10.2 Å². The molecule has 0 spiro atoms. The van der Waals surface area contributed by atoms with E-state index in [0.717, 1.165) is 16.9 Å². The van der Waals surface area contributed by atoms with Crippen LogP contribution < -0.4 is 10.1 Å². The normalized spacial score (nSPS) is 19.2. The first-order chi connectivity index (χ1) is 13.0. The molecule has 1 aliphatic rings. The third kappa shape index (κ3) is 4.13. The predicted octanol–water partition coefficient (Wildman–Crippen LogP) is 2.94. The number of likely N-dealkylation sites (tertiary alicyclic amines) is 1. The molecular weight excluding hydrogens is 340 g/mol. The Bertz CT molecular complexity index is 806. The number of carbonyl (C=O) groups is 2. The van der Waals surface area contributed by atoms with E-state index in [-0.39, 0.29) is 11.8 Å². The second-order valence-electron chi connectivity index (χ2n) is 7.05. The number of amides is 2. The summed E-state index contributed by atoms with van der Waals surface area (Å²) in [6.07, 6.45) is 1.59. The van der Waals surface area contributed by atoms with Gasteiger partial charge in [0.25, 0.3) is 0 Å². The summed E-state index contributed by atoms with van der Waals surface area (Å²) in [6, 6.07) is 17.6. The van der Waals surface area contributed by atoms with Gasteiger partial charge in [0.2, 0.25) is 11.8 Å². The summed E-state index contributed by atoms with van der Waals surface area (Å²) >= 11 is 0. The van der Waals surface area contributed by atoms with Crippen LogP contribution in [0.2, 0.25) is 0 Å². The second-order valence-corrected chi connectivity index (χ2v) is 7.05. The fourth-order valence-corrected chi connectivity index (χ4v) is 3.61. The fraction of sp³-hybridized carbons (Fsp3) is 0.364. The largest absolute Gasteiger partial charge is 0.496 e. The highest BCUT2D eigenvalue weighted by Crippen LogP contribution is 2.31. The summed E-state index contributed by atoms with van der Waals surface area (Å²) in [5.74, 6) is 0.735. The Labute approximate surface area is 160 Å². The van der Waals surface area contributed by atoms with E-state index in [1.54, 1.807) is 12.0 Å². The molecule has 1 atom stereocenters. The van der Waals surface area contributed by atoms with Crippen LogP contribution in [0.1, 0.15) is 30.9 Å². The zero-order valence-corrected chi connectivity index (χ0v) is 15.9. The molecule has 0 radical (unpaired) electrons. The lowest BCUT2D eigenvalue weighted by Crippen LogP contribution is -2.54. The fourth-order valence-electron chi connectivity index (χ4n) is 3.61. The maximum Gasteiger partial charge on any atom is 0.245 e. The first-order valence-corrected chi connectivity index (χ1v) is 9.29. The number of hydrogen-bond acceptors (Lipinski definition) is 3. The minimum absolute atomic E-state index is 0.0299. The number of benzene rings is 2. The summed E-state index contributed by atoms with van der Waals surface area (Å²) in [5, 5.41) is 3.00. The first-order valence-electron chi connectivity index (χ1n) is 9.29. The molecule has 2 aromatic carbocycles. The predicted molar refractivity (Wildman–Crippen MR) is 104 cm³/mol. The van der Waals surface area contributed by atoms with Crippen molar-refractivity contribution in [3.63, 3.8) is 0 Å². The highest BCUT2D eigenvalue weighted by molar-refractivity contribution is 5.94. The van der Waals surface area contributed by atoms with Gasteiger partial charge in [-0.3, -0.25) is 9.59 Å². The van der Waals surface area contributed by atoms with E-state index in [9.17, 15) is 9.59 Å². The van der Waals surface area contributed by atoms with Gasteiger partial charge in [0.1, 0.15) is 11.3 Å². The molecule has 1 saturated heterocycles. The molecule has 0 bridgehead atoms. The number of nitrogens with one attached hydrogen (secondary N) is 1. The maximum atomic E-state index is 12.9. The number of para-hydroxylation sites is 1.